The van der Waals surface area contributed by atoms with Crippen molar-refractivity contribution in [3.05, 3.63) is 0 Å². The maximum absolute atomic E-state index is 8.30. The molecule has 0 aromatic heterocycles. The molecule has 0 aliphatic carbocycles. The number of hydrogen-bond acceptors (Lipinski definition) is 3. The lowest BCUT2D eigenvalue weighted by Crippen LogP contribution is -2.25. The first-order chi connectivity index (χ1) is 6.43. The average Bonchev–Trinajstić information content (AvgIpc) is 2.19. The molecular weight excluding hydrogens is 164 g/mol. The van der Waals surface area contributed by atoms with Gasteiger partial charge in [-0.25, -0.2) is 0 Å². The van der Waals surface area contributed by atoms with E-state index in [1.54, 1.807) is 0 Å². The van der Waals surface area contributed by atoms with Crippen LogP contribution in [0.2, 0.25) is 0 Å². The third kappa shape index (κ3) is 4.87. The molecule has 3 nitrogen and oxygen atoms in total. The van der Waals surface area contributed by atoms with Crippen LogP contribution in [0.1, 0.15) is 32.1 Å². The molecule has 1 aliphatic rings. The van der Waals surface area contributed by atoms with Gasteiger partial charge in [0.15, 0.2) is 0 Å². The smallest absolute Gasteiger partial charge is 0.0635 e. The molecule has 0 aromatic carbocycles. The van der Waals surface area contributed by atoms with E-state index in [1.165, 1.54) is 19.3 Å². The second-order valence-electron chi connectivity index (χ2n) is 3.44. The molecule has 1 heterocycles. The van der Waals surface area contributed by atoms with Crippen LogP contribution in [-0.4, -0.2) is 25.8 Å². The van der Waals surface area contributed by atoms with E-state index >= 15 is 0 Å². The van der Waals surface area contributed by atoms with Gasteiger partial charge in [-0.3, -0.25) is 0 Å². The summed E-state index contributed by atoms with van der Waals surface area (Å²) in [4.78, 5) is 0. The summed E-state index contributed by atoms with van der Waals surface area (Å²) in [5, 5.41) is 11.5. The molecule has 13 heavy (non-hydrogen) atoms. The minimum absolute atomic E-state index is 0.461. The molecule has 1 aliphatic heterocycles. The fourth-order valence-electron chi connectivity index (χ4n) is 1.57. The van der Waals surface area contributed by atoms with Crippen molar-refractivity contribution in [1.29, 1.82) is 5.26 Å². The van der Waals surface area contributed by atoms with Crippen molar-refractivity contribution >= 4 is 0 Å². The molecule has 1 N–H and O–H groups in total. The number of rotatable bonds is 5. The van der Waals surface area contributed by atoms with E-state index in [0.29, 0.717) is 12.5 Å². The largest absolute Gasteiger partial charge is 0.378 e. The minimum atomic E-state index is 0.461. The Kier molecular flexibility index (Phi) is 5.55. The Bertz CT molecular complexity index is 159. The van der Waals surface area contributed by atoms with Crippen molar-refractivity contribution in [1.82, 2.24) is 5.32 Å². The van der Waals surface area contributed by atoms with Gasteiger partial charge in [-0.2, -0.15) is 5.26 Å². The summed E-state index contributed by atoms with van der Waals surface area (Å²) in [6, 6.07) is 2.11. The molecule has 1 atom stereocenters. The van der Waals surface area contributed by atoms with Gasteiger partial charge in [-0.15, -0.1) is 0 Å². The highest BCUT2D eigenvalue weighted by Crippen LogP contribution is 2.14. The average molecular weight is 182 g/mol. The predicted molar refractivity (Wildman–Crippen MR) is 51.3 cm³/mol. The number of nitrogens with one attached hydrogen (secondary N) is 1. The van der Waals surface area contributed by atoms with Gasteiger partial charge in [0.2, 0.25) is 0 Å². The van der Waals surface area contributed by atoms with Crippen molar-refractivity contribution in [2.75, 3.05) is 19.7 Å². The molecule has 0 aromatic rings. The first-order valence-electron chi connectivity index (χ1n) is 5.13. The molecule has 1 saturated heterocycles. The Hall–Kier alpha value is -0.590. The maximum Gasteiger partial charge on any atom is 0.0635 e. The van der Waals surface area contributed by atoms with Crippen molar-refractivity contribution in [2.45, 2.75) is 38.2 Å². The van der Waals surface area contributed by atoms with E-state index in [0.717, 1.165) is 26.1 Å². The molecule has 3 heteroatoms. The third-order valence-electron chi connectivity index (χ3n) is 2.33. The van der Waals surface area contributed by atoms with E-state index in [9.17, 15) is 0 Å². The highest BCUT2D eigenvalue weighted by molar-refractivity contribution is 4.71. The standard InChI is InChI=1S/C10H18N2O/c11-6-3-7-12-8-5-10-4-1-2-9-13-10/h10,12H,1-5,7-9H2. The van der Waals surface area contributed by atoms with E-state index in [2.05, 4.69) is 11.4 Å². The number of nitriles is 1. The number of nitrogens with zero attached hydrogens (tertiary/aromatic N) is 1. The summed E-state index contributed by atoms with van der Waals surface area (Å²) >= 11 is 0. The molecular formula is C10H18N2O. The van der Waals surface area contributed by atoms with Crippen molar-refractivity contribution in [2.24, 2.45) is 0 Å². The normalized spacial score (nSPS) is 22.5. The monoisotopic (exact) mass is 182 g/mol. The van der Waals surface area contributed by atoms with Crippen LogP contribution in [-0.2, 0) is 4.74 Å². The fraction of sp³-hybridized carbons (Fsp3) is 0.900. The summed E-state index contributed by atoms with van der Waals surface area (Å²) in [6.07, 6.45) is 5.89. The van der Waals surface area contributed by atoms with Crippen LogP contribution in [0.25, 0.3) is 0 Å². The zero-order valence-corrected chi connectivity index (χ0v) is 8.09. The van der Waals surface area contributed by atoms with Crippen LogP contribution in [0.3, 0.4) is 0 Å². The summed E-state index contributed by atoms with van der Waals surface area (Å²) in [6.45, 7) is 2.72. The Morgan fingerprint density at radius 1 is 1.38 bits per heavy atom. The summed E-state index contributed by atoms with van der Waals surface area (Å²) in [5.41, 5.74) is 0. The van der Waals surface area contributed by atoms with Gasteiger partial charge >= 0.3 is 0 Å². The van der Waals surface area contributed by atoms with Gasteiger partial charge in [-0.05, 0) is 32.2 Å². The molecule has 1 rings (SSSR count). The second-order valence-corrected chi connectivity index (χ2v) is 3.44. The molecule has 0 radical (unpaired) electrons. The zero-order chi connectivity index (χ0) is 9.36. The van der Waals surface area contributed by atoms with Gasteiger partial charge in [0.25, 0.3) is 0 Å². The van der Waals surface area contributed by atoms with E-state index in [1.807, 2.05) is 0 Å². The van der Waals surface area contributed by atoms with E-state index < -0.39 is 0 Å². The van der Waals surface area contributed by atoms with Crippen LogP contribution < -0.4 is 5.32 Å². The Morgan fingerprint density at radius 3 is 3.00 bits per heavy atom. The van der Waals surface area contributed by atoms with E-state index in [-0.39, 0.29) is 0 Å². The molecule has 1 unspecified atom stereocenters. The van der Waals surface area contributed by atoms with Gasteiger partial charge in [0.05, 0.1) is 12.2 Å². The predicted octanol–water partition coefficient (Wildman–Crippen LogP) is 1.45. The molecule has 0 spiro atoms. The molecule has 1 fully saturated rings. The van der Waals surface area contributed by atoms with E-state index in [4.69, 9.17) is 10.00 Å². The molecule has 0 saturated carbocycles. The molecule has 0 amide bonds. The van der Waals surface area contributed by atoms with Crippen molar-refractivity contribution in [3.63, 3.8) is 0 Å². The summed E-state index contributed by atoms with van der Waals surface area (Å²) in [5.74, 6) is 0. The lowest BCUT2D eigenvalue weighted by Gasteiger charge is -2.22. The van der Waals surface area contributed by atoms with Crippen LogP contribution in [0, 0.1) is 11.3 Å². The van der Waals surface area contributed by atoms with Crippen LogP contribution >= 0.6 is 0 Å². The number of ether oxygens (including phenoxy) is 1. The van der Waals surface area contributed by atoms with Crippen LogP contribution in [0.15, 0.2) is 0 Å². The Morgan fingerprint density at radius 2 is 2.31 bits per heavy atom. The number of hydrogen-bond donors (Lipinski definition) is 1. The Balaban J connectivity index is 1.90. The van der Waals surface area contributed by atoms with Crippen molar-refractivity contribution in [3.8, 4) is 6.07 Å². The van der Waals surface area contributed by atoms with Gasteiger partial charge in [0, 0.05) is 19.6 Å². The summed E-state index contributed by atoms with van der Waals surface area (Å²) < 4.78 is 5.58. The fourth-order valence-corrected chi connectivity index (χ4v) is 1.57. The van der Waals surface area contributed by atoms with Gasteiger partial charge < -0.3 is 10.1 Å². The first-order valence-corrected chi connectivity index (χ1v) is 5.13. The van der Waals surface area contributed by atoms with Gasteiger partial charge in [0.1, 0.15) is 0 Å². The van der Waals surface area contributed by atoms with Gasteiger partial charge in [-0.1, -0.05) is 0 Å². The first kappa shape index (κ1) is 10.5. The Labute approximate surface area is 80.1 Å². The minimum Gasteiger partial charge on any atom is -0.378 e. The lowest BCUT2D eigenvalue weighted by molar-refractivity contribution is 0.0116. The summed E-state index contributed by atoms with van der Waals surface area (Å²) in [7, 11) is 0. The molecule has 74 valence electrons. The highest BCUT2D eigenvalue weighted by atomic mass is 16.5. The third-order valence-corrected chi connectivity index (χ3v) is 2.33. The maximum atomic E-state index is 8.30. The molecule has 0 bridgehead atoms. The highest BCUT2D eigenvalue weighted by Gasteiger charge is 2.12. The topological polar surface area (TPSA) is 45.0 Å². The quantitative estimate of drug-likeness (QED) is 0.654. The van der Waals surface area contributed by atoms with Crippen LogP contribution in [0.4, 0.5) is 0 Å². The van der Waals surface area contributed by atoms with Crippen LogP contribution in [0.5, 0.6) is 0 Å². The zero-order valence-electron chi connectivity index (χ0n) is 8.09. The SMILES string of the molecule is N#CCCNCCC1CCCCO1. The van der Waals surface area contributed by atoms with Crippen molar-refractivity contribution < 1.29 is 4.74 Å². The lowest BCUT2D eigenvalue weighted by atomic mass is 10.1. The second kappa shape index (κ2) is 6.88.